The number of nitrogens with one attached hydrogen (secondary N) is 1. The predicted octanol–water partition coefficient (Wildman–Crippen LogP) is 1.58. The zero-order chi connectivity index (χ0) is 12.9. The van der Waals surface area contributed by atoms with E-state index in [-0.39, 0.29) is 0 Å². The smallest absolute Gasteiger partial charge is 0.185 e. The van der Waals surface area contributed by atoms with Gasteiger partial charge in [0.25, 0.3) is 0 Å². The van der Waals surface area contributed by atoms with Crippen molar-refractivity contribution in [1.29, 1.82) is 5.26 Å². The Kier molecular flexibility index (Phi) is 4.97. The molecule has 5 nitrogen and oxygen atoms in total. The topological polar surface area (TPSA) is 66.5 Å². The third-order valence-corrected chi connectivity index (χ3v) is 3.39. The normalized spacial score (nSPS) is 14.6. The van der Waals surface area contributed by atoms with E-state index >= 15 is 0 Å². The minimum Gasteiger partial charge on any atom is -0.297 e. The third kappa shape index (κ3) is 4.36. The standard InChI is InChI=1S/C11H19N5S/c1-9(2)15-11(3,7-12)5-6-17-10-13-8-14-16(10)4/h8-9,15H,5-6H2,1-4H3. The lowest BCUT2D eigenvalue weighted by atomic mass is 10.0. The first-order valence-corrected chi connectivity index (χ1v) is 6.61. The highest BCUT2D eigenvalue weighted by Crippen LogP contribution is 2.19. The summed E-state index contributed by atoms with van der Waals surface area (Å²) in [7, 11) is 1.87. The zero-order valence-corrected chi connectivity index (χ0v) is 11.6. The fourth-order valence-corrected chi connectivity index (χ4v) is 2.61. The molecule has 0 bridgehead atoms. The second-order valence-corrected chi connectivity index (χ2v) is 5.57. The number of aryl methyl sites for hydroxylation is 1. The van der Waals surface area contributed by atoms with Crippen LogP contribution in [0.15, 0.2) is 11.5 Å². The van der Waals surface area contributed by atoms with Crippen LogP contribution in [0.25, 0.3) is 0 Å². The van der Waals surface area contributed by atoms with Crippen molar-refractivity contribution in [3.8, 4) is 6.07 Å². The molecule has 1 unspecified atom stereocenters. The van der Waals surface area contributed by atoms with Gasteiger partial charge < -0.3 is 0 Å². The zero-order valence-electron chi connectivity index (χ0n) is 10.8. The molecule has 0 saturated carbocycles. The maximum atomic E-state index is 9.19. The summed E-state index contributed by atoms with van der Waals surface area (Å²) in [6.45, 7) is 6.03. The quantitative estimate of drug-likeness (QED) is 0.780. The van der Waals surface area contributed by atoms with E-state index in [1.54, 1.807) is 16.4 Å². The summed E-state index contributed by atoms with van der Waals surface area (Å²) < 4.78 is 1.74. The van der Waals surface area contributed by atoms with Crippen molar-refractivity contribution in [2.45, 2.75) is 43.9 Å². The highest BCUT2D eigenvalue weighted by atomic mass is 32.2. The Labute approximate surface area is 107 Å². The lowest BCUT2D eigenvalue weighted by Gasteiger charge is -2.25. The van der Waals surface area contributed by atoms with Crippen LogP contribution >= 0.6 is 11.8 Å². The molecule has 0 saturated heterocycles. The summed E-state index contributed by atoms with van der Waals surface area (Å²) in [6, 6.07) is 2.64. The average molecular weight is 253 g/mol. The molecule has 1 atom stereocenters. The summed E-state index contributed by atoms with van der Waals surface area (Å²) in [5.41, 5.74) is -0.472. The van der Waals surface area contributed by atoms with Crippen LogP contribution in [-0.4, -0.2) is 32.1 Å². The highest BCUT2D eigenvalue weighted by Gasteiger charge is 2.24. The Morgan fingerprint density at radius 1 is 1.65 bits per heavy atom. The van der Waals surface area contributed by atoms with Gasteiger partial charge in [-0.2, -0.15) is 10.4 Å². The van der Waals surface area contributed by atoms with Gasteiger partial charge in [-0.1, -0.05) is 11.8 Å². The van der Waals surface area contributed by atoms with Crippen molar-refractivity contribution in [2.24, 2.45) is 7.05 Å². The van der Waals surface area contributed by atoms with E-state index in [2.05, 4.69) is 21.5 Å². The monoisotopic (exact) mass is 253 g/mol. The molecular weight excluding hydrogens is 234 g/mol. The van der Waals surface area contributed by atoms with Gasteiger partial charge >= 0.3 is 0 Å². The van der Waals surface area contributed by atoms with Gasteiger partial charge in [-0.15, -0.1) is 0 Å². The Morgan fingerprint density at radius 3 is 2.82 bits per heavy atom. The molecule has 0 aliphatic heterocycles. The number of nitriles is 1. The molecule has 0 amide bonds. The van der Waals surface area contributed by atoms with Gasteiger partial charge in [0.2, 0.25) is 0 Å². The molecule has 0 fully saturated rings. The van der Waals surface area contributed by atoms with E-state index in [0.717, 1.165) is 17.3 Å². The molecule has 1 N–H and O–H groups in total. The molecule has 1 rings (SSSR count). The van der Waals surface area contributed by atoms with Gasteiger partial charge in [0.15, 0.2) is 5.16 Å². The molecule has 1 aromatic rings. The molecule has 0 aliphatic rings. The van der Waals surface area contributed by atoms with Gasteiger partial charge in [0.1, 0.15) is 11.9 Å². The summed E-state index contributed by atoms with van der Waals surface area (Å²) in [6.07, 6.45) is 2.32. The molecule has 94 valence electrons. The van der Waals surface area contributed by atoms with Gasteiger partial charge in [-0.3, -0.25) is 5.32 Å². The lowest BCUT2D eigenvalue weighted by Crippen LogP contribution is -2.45. The molecule has 0 aliphatic carbocycles. The highest BCUT2D eigenvalue weighted by molar-refractivity contribution is 7.99. The van der Waals surface area contributed by atoms with E-state index in [1.807, 2.05) is 27.8 Å². The fraction of sp³-hybridized carbons (Fsp3) is 0.727. The van der Waals surface area contributed by atoms with Crippen molar-refractivity contribution in [2.75, 3.05) is 5.75 Å². The van der Waals surface area contributed by atoms with E-state index in [1.165, 1.54) is 6.33 Å². The van der Waals surface area contributed by atoms with Crippen LogP contribution in [0.5, 0.6) is 0 Å². The number of rotatable bonds is 6. The van der Waals surface area contributed by atoms with Crippen LogP contribution in [0.1, 0.15) is 27.2 Å². The molecule has 1 aromatic heterocycles. The fourth-order valence-electron chi connectivity index (χ4n) is 1.56. The SMILES string of the molecule is CC(C)NC(C)(C#N)CCSc1ncnn1C. The van der Waals surface area contributed by atoms with Crippen LogP contribution < -0.4 is 5.32 Å². The average Bonchev–Trinajstić information content (AvgIpc) is 2.63. The van der Waals surface area contributed by atoms with Crippen LogP contribution in [0, 0.1) is 11.3 Å². The van der Waals surface area contributed by atoms with Gasteiger partial charge in [0.05, 0.1) is 6.07 Å². The number of thioether (sulfide) groups is 1. The summed E-state index contributed by atoms with van der Waals surface area (Å²) >= 11 is 1.62. The molecule has 1 heterocycles. The summed E-state index contributed by atoms with van der Waals surface area (Å²) in [5, 5.41) is 17.4. The predicted molar refractivity (Wildman–Crippen MR) is 68.6 cm³/mol. The van der Waals surface area contributed by atoms with Crippen LogP contribution in [0.2, 0.25) is 0 Å². The number of nitrogens with zero attached hydrogens (tertiary/aromatic N) is 4. The molecule has 17 heavy (non-hydrogen) atoms. The van der Waals surface area contributed by atoms with Crippen molar-refractivity contribution in [3.63, 3.8) is 0 Å². The van der Waals surface area contributed by atoms with E-state index < -0.39 is 5.54 Å². The number of hydrogen-bond acceptors (Lipinski definition) is 5. The third-order valence-electron chi connectivity index (χ3n) is 2.36. The number of hydrogen-bond donors (Lipinski definition) is 1. The Bertz CT molecular complexity index is 395. The van der Waals surface area contributed by atoms with Crippen molar-refractivity contribution in [3.05, 3.63) is 6.33 Å². The first-order chi connectivity index (χ1) is 7.97. The first kappa shape index (κ1) is 14.0. The minimum absolute atomic E-state index is 0.305. The molecule has 0 radical (unpaired) electrons. The molecule has 0 aromatic carbocycles. The second-order valence-electron chi connectivity index (χ2n) is 4.51. The number of aromatic nitrogens is 3. The van der Waals surface area contributed by atoms with Gasteiger partial charge in [0, 0.05) is 18.8 Å². The molecular formula is C11H19N5S. The lowest BCUT2D eigenvalue weighted by molar-refractivity contribution is 0.397. The van der Waals surface area contributed by atoms with Gasteiger partial charge in [-0.25, -0.2) is 9.67 Å². The first-order valence-electron chi connectivity index (χ1n) is 5.62. The van der Waals surface area contributed by atoms with E-state index in [9.17, 15) is 5.26 Å². The van der Waals surface area contributed by atoms with Crippen molar-refractivity contribution >= 4 is 11.8 Å². The maximum absolute atomic E-state index is 9.19. The minimum atomic E-state index is -0.472. The molecule has 6 heteroatoms. The van der Waals surface area contributed by atoms with E-state index in [0.29, 0.717) is 6.04 Å². The Hall–Kier alpha value is -1.06. The Morgan fingerprint density at radius 2 is 2.35 bits per heavy atom. The molecule has 0 spiro atoms. The van der Waals surface area contributed by atoms with Crippen LogP contribution in [0.3, 0.4) is 0 Å². The summed E-state index contributed by atoms with van der Waals surface area (Å²) in [5.74, 6) is 0.844. The van der Waals surface area contributed by atoms with Crippen molar-refractivity contribution in [1.82, 2.24) is 20.1 Å². The van der Waals surface area contributed by atoms with Crippen molar-refractivity contribution < 1.29 is 0 Å². The summed E-state index contributed by atoms with van der Waals surface area (Å²) in [4.78, 5) is 4.13. The van der Waals surface area contributed by atoms with Gasteiger partial charge in [-0.05, 0) is 27.2 Å². The second kappa shape index (κ2) is 6.03. The van der Waals surface area contributed by atoms with E-state index in [4.69, 9.17) is 0 Å². The van der Waals surface area contributed by atoms with Crippen LogP contribution in [0.4, 0.5) is 0 Å². The van der Waals surface area contributed by atoms with Crippen LogP contribution in [-0.2, 0) is 7.05 Å². The largest absolute Gasteiger partial charge is 0.297 e. The Balaban J connectivity index is 2.44. The maximum Gasteiger partial charge on any atom is 0.185 e.